The van der Waals surface area contributed by atoms with E-state index in [0.717, 1.165) is 26.8 Å². The number of nitrogens with one attached hydrogen (secondary N) is 1. The molecule has 24 heavy (non-hydrogen) atoms. The van der Waals surface area contributed by atoms with Crippen LogP contribution in [0.2, 0.25) is 0 Å². The van der Waals surface area contributed by atoms with E-state index in [1.54, 1.807) is 20.8 Å². The molecule has 1 rings (SSSR count). The summed E-state index contributed by atoms with van der Waals surface area (Å²) in [5.74, 6) is -4.65. The fourth-order valence-corrected chi connectivity index (χ4v) is 3.42. The van der Waals surface area contributed by atoms with Crippen LogP contribution in [0.3, 0.4) is 0 Å². The molecule has 1 aromatic rings. The van der Waals surface area contributed by atoms with E-state index in [9.17, 15) is 14.0 Å². The van der Waals surface area contributed by atoms with Crippen LogP contribution in [0.4, 0.5) is 13.2 Å². The van der Waals surface area contributed by atoms with E-state index in [1.165, 1.54) is 12.1 Å². The average Bonchev–Trinajstić information content (AvgIpc) is 2.38. The van der Waals surface area contributed by atoms with E-state index in [1.807, 2.05) is 0 Å². The second-order valence-corrected chi connectivity index (χ2v) is 10.3. The van der Waals surface area contributed by atoms with Crippen molar-refractivity contribution in [3.63, 3.8) is 0 Å². The van der Waals surface area contributed by atoms with Crippen molar-refractivity contribution in [1.82, 2.24) is 4.72 Å². The van der Waals surface area contributed by atoms with Crippen molar-refractivity contribution in [2.24, 2.45) is 0 Å². The summed E-state index contributed by atoms with van der Waals surface area (Å²) >= 11 is 1.47. The summed E-state index contributed by atoms with van der Waals surface area (Å²) in [6.07, 6.45) is 0. The molecule has 0 saturated carbocycles. The highest BCUT2D eigenvalue weighted by molar-refractivity contribution is 9.10. The molecule has 2 atom stereocenters. The predicted molar refractivity (Wildman–Crippen MR) is 95.6 cm³/mol. The molecular weight excluding hydrogens is 407 g/mol. The van der Waals surface area contributed by atoms with Gasteiger partial charge in [-0.1, -0.05) is 20.7 Å². The van der Waals surface area contributed by atoms with Gasteiger partial charge in [0.25, 0.3) is 0 Å². The zero-order chi connectivity index (χ0) is 19.1. The first-order valence-electron chi connectivity index (χ1n) is 7.31. The molecule has 0 fully saturated rings. The first-order valence-corrected chi connectivity index (χ1v) is 9.28. The minimum atomic E-state index is -3.79. The van der Waals surface area contributed by atoms with E-state index < -0.39 is 39.0 Å². The Morgan fingerprint density at radius 2 is 1.58 bits per heavy atom. The number of hydrogen-bond acceptors (Lipinski definition) is 3. The Labute approximate surface area is 152 Å². The fraction of sp³-hybridized carbons (Fsp3) is 0.625. The van der Waals surface area contributed by atoms with Crippen LogP contribution in [0, 0.1) is 5.82 Å². The first-order chi connectivity index (χ1) is 10.5. The zero-order valence-corrected chi connectivity index (χ0v) is 16.9. The highest BCUT2D eigenvalue weighted by Gasteiger charge is 2.64. The molecule has 1 aromatic carbocycles. The Bertz CT molecular complexity index is 602. The summed E-state index contributed by atoms with van der Waals surface area (Å²) < 4.78 is 57.1. The van der Waals surface area contributed by atoms with Crippen LogP contribution in [0.5, 0.6) is 0 Å². The molecule has 3 nitrogen and oxygen atoms in total. The minimum absolute atomic E-state index is 0.347. The Balaban J connectivity index is 3.61. The number of halogens is 4. The molecule has 8 heteroatoms. The van der Waals surface area contributed by atoms with Crippen molar-refractivity contribution in [3.8, 4) is 0 Å². The smallest absolute Gasteiger partial charge is 0.301 e. The molecular formula is C16H24BrF3NO2S+. The topological polar surface area (TPSA) is 52.5 Å². The highest BCUT2D eigenvalue weighted by Crippen LogP contribution is 2.46. The fourth-order valence-electron chi connectivity index (χ4n) is 2.13. The van der Waals surface area contributed by atoms with E-state index in [-0.39, 0.29) is 5.56 Å². The van der Waals surface area contributed by atoms with Gasteiger partial charge in [0.1, 0.15) is 11.4 Å². The van der Waals surface area contributed by atoms with E-state index in [2.05, 4.69) is 20.7 Å². The Morgan fingerprint density at radius 1 is 1.08 bits per heavy atom. The molecule has 3 N–H and O–H groups in total. The lowest BCUT2D eigenvalue weighted by atomic mass is 9.78. The number of alkyl halides is 2. The molecule has 1 unspecified atom stereocenters. The zero-order valence-electron chi connectivity index (χ0n) is 14.5. The van der Waals surface area contributed by atoms with E-state index in [0.29, 0.717) is 4.47 Å². The third-order valence-electron chi connectivity index (χ3n) is 3.74. The summed E-state index contributed by atoms with van der Waals surface area (Å²) in [5.41, 5.74) is -5.14. The van der Waals surface area contributed by atoms with Gasteiger partial charge < -0.3 is 5.11 Å². The second-order valence-electron chi connectivity index (χ2n) is 7.38. The monoisotopic (exact) mass is 430 g/mol. The molecule has 0 spiro atoms. The molecule has 138 valence electrons. The maximum absolute atomic E-state index is 15.1. The summed E-state index contributed by atoms with van der Waals surface area (Å²) in [5, 5.41) is 10.0. The van der Waals surface area contributed by atoms with Crippen molar-refractivity contribution < 1.29 is 22.8 Å². The molecule has 0 aliphatic carbocycles. The van der Waals surface area contributed by atoms with Crippen molar-refractivity contribution in [2.45, 2.75) is 63.4 Å². The molecule has 0 bridgehead atoms. The summed E-state index contributed by atoms with van der Waals surface area (Å²) in [7, 11) is 0. The quantitative estimate of drug-likeness (QED) is 0.598. The molecule has 0 aliphatic heterocycles. The summed E-state index contributed by atoms with van der Waals surface area (Å²) in [6.45, 7) is 8.00. The first kappa shape index (κ1) is 21.8. The largest absolute Gasteiger partial charge is 0.384 e. The van der Waals surface area contributed by atoms with Crippen molar-refractivity contribution in [2.75, 3.05) is 0 Å². The van der Waals surface area contributed by atoms with Gasteiger partial charge in [0.05, 0.1) is 0 Å². The van der Waals surface area contributed by atoms with Crippen LogP contribution in [-0.4, -0.2) is 25.9 Å². The molecule has 0 heterocycles. The molecule has 0 radical (unpaired) electrons. The standard InChI is InChI=1S/C16H24BrF3NO2S/c1-13(2,3)24(23)21-15(6,16(19,20)14(4,5)22)11-9-10(17)7-8-12(11)18/h7-9,21-23H,1-6H3/q+1/t15-,24?/m1/s1. The number of rotatable bonds is 5. The van der Waals surface area contributed by atoms with Crippen LogP contribution in [0.1, 0.15) is 47.1 Å². The highest BCUT2D eigenvalue weighted by atomic mass is 79.9. The van der Waals surface area contributed by atoms with Gasteiger partial charge in [0.15, 0.2) is 10.3 Å². The second kappa shape index (κ2) is 6.79. The lowest BCUT2D eigenvalue weighted by Gasteiger charge is -2.43. The summed E-state index contributed by atoms with van der Waals surface area (Å²) in [6, 6.07) is 3.68. The molecule has 0 aliphatic rings. The van der Waals surface area contributed by atoms with Gasteiger partial charge in [-0.25, -0.2) is 13.2 Å². The van der Waals surface area contributed by atoms with Crippen LogP contribution in [0.15, 0.2) is 22.7 Å². The van der Waals surface area contributed by atoms with Gasteiger partial charge in [-0.05, 0) is 59.7 Å². The Morgan fingerprint density at radius 3 is 2.00 bits per heavy atom. The van der Waals surface area contributed by atoms with Crippen molar-refractivity contribution >= 4 is 27.3 Å². The molecule has 0 amide bonds. The van der Waals surface area contributed by atoms with Crippen molar-refractivity contribution in [1.29, 1.82) is 0 Å². The molecule has 0 aromatic heterocycles. The number of benzene rings is 1. The Hall–Kier alpha value is -0.280. The maximum Gasteiger partial charge on any atom is 0.301 e. The number of aliphatic hydroxyl groups is 1. The van der Waals surface area contributed by atoms with E-state index in [4.69, 9.17) is 0 Å². The third-order valence-corrected chi connectivity index (χ3v) is 6.00. The van der Waals surface area contributed by atoms with Gasteiger partial charge in [0, 0.05) is 10.0 Å². The Kier molecular flexibility index (Phi) is 6.16. The third kappa shape index (κ3) is 4.09. The lowest BCUT2D eigenvalue weighted by molar-refractivity contribution is -0.206. The van der Waals surface area contributed by atoms with Crippen LogP contribution < -0.4 is 4.72 Å². The lowest BCUT2D eigenvalue weighted by Crippen LogP contribution is -2.65. The van der Waals surface area contributed by atoms with Gasteiger partial charge in [-0.2, -0.15) is 4.55 Å². The predicted octanol–water partition coefficient (Wildman–Crippen LogP) is 4.60. The van der Waals surface area contributed by atoms with Crippen LogP contribution >= 0.6 is 15.9 Å². The van der Waals surface area contributed by atoms with Gasteiger partial charge >= 0.3 is 5.92 Å². The maximum atomic E-state index is 15.1. The molecule has 0 saturated heterocycles. The van der Waals surface area contributed by atoms with Crippen molar-refractivity contribution in [3.05, 3.63) is 34.1 Å². The van der Waals surface area contributed by atoms with E-state index >= 15 is 8.78 Å². The minimum Gasteiger partial charge on any atom is -0.384 e. The normalized spacial score (nSPS) is 17.5. The van der Waals surface area contributed by atoms with Crippen LogP contribution in [-0.2, 0) is 16.9 Å². The number of hydrogen-bond donors (Lipinski definition) is 3. The van der Waals surface area contributed by atoms with Crippen LogP contribution in [0.25, 0.3) is 0 Å². The SMILES string of the molecule is CC(C)(C)[S+](O)N[C@](C)(c1cc(Br)ccc1F)C(F)(F)C(C)(C)O. The average molecular weight is 431 g/mol. The van der Waals surface area contributed by atoms with Gasteiger partial charge in [-0.3, -0.25) is 0 Å². The summed E-state index contributed by atoms with van der Waals surface area (Å²) in [4.78, 5) is 0. The van der Waals surface area contributed by atoms with Gasteiger partial charge in [-0.15, -0.1) is 0 Å². The van der Waals surface area contributed by atoms with Gasteiger partial charge in [0.2, 0.25) is 11.4 Å².